The predicted octanol–water partition coefficient (Wildman–Crippen LogP) is -14.3. The topological polar surface area (TPSA) is 345 Å². The molecule has 128 valence electrons. The van der Waals surface area contributed by atoms with Crippen molar-refractivity contribution >= 4 is 31.3 Å². The third-order valence-electron chi connectivity index (χ3n) is 0. The summed E-state index contributed by atoms with van der Waals surface area (Å²) in [4.78, 5) is 103. The van der Waals surface area contributed by atoms with Gasteiger partial charge < -0.3 is 77.0 Å². The summed E-state index contributed by atoms with van der Waals surface area (Å²) in [6.45, 7) is 0. The van der Waals surface area contributed by atoms with Crippen molar-refractivity contribution in [3.8, 4) is 0 Å². The number of hydrogen-bond donors (Lipinski definition) is 0. The van der Waals surface area contributed by atoms with Gasteiger partial charge in [0.05, 0.1) is 0 Å². The van der Waals surface area contributed by atoms with E-state index in [1.54, 1.807) is 0 Å². The van der Waals surface area contributed by atoms with E-state index >= 15 is 0 Å². The van der Waals surface area contributed by atoms with E-state index < -0.39 is 31.3 Å². The summed E-state index contributed by atoms with van der Waals surface area (Å²) in [5, 5.41) is 0. The van der Waals surface area contributed by atoms with E-state index in [2.05, 4.69) is 0 Å². The van der Waals surface area contributed by atoms with E-state index in [4.69, 9.17) is 77.0 Å². The van der Waals surface area contributed by atoms with E-state index in [0.717, 1.165) is 0 Å². The normalized spacial score (nSPS) is 11.2. The molecule has 0 atom stereocenters. The van der Waals surface area contributed by atoms with Gasteiger partial charge in [0.25, 0.3) is 0 Å². The van der Waals surface area contributed by atoms with Crippen LogP contribution in [0.25, 0.3) is 0 Å². The van der Waals surface area contributed by atoms with Crippen molar-refractivity contribution in [2.24, 2.45) is 0 Å². The van der Waals surface area contributed by atoms with Gasteiger partial charge in [0.2, 0.25) is 0 Å². The maximum Gasteiger partial charge on any atom is 1.00 e. The summed E-state index contributed by atoms with van der Waals surface area (Å²) < 4.78 is 34.2. The third kappa shape index (κ3) is 3910. The minimum Gasteiger partial charge on any atom is -0.822 e. The van der Waals surface area contributed by atoms with Crippen LogP contribution in [-0.2, 0) is 18.3 Å². The molecule has 0 radical (unpaired) electrons. The van der Waals surface area contributed by atoms with E-state index in [9.17, 15) is 0 Å². The Kier molecular flexibility index (Phi) is 22.4. The molecule has 21 heteroatoms. The van der Waals surface area contributed by atoms with Gasteiger partial charge in [-0.05, 0) is 0 Å². The second-order valence-corrected chi connectivity index (χ2v) is 5.37. The van der Waals surface area contributed by atoms with Gasteiger partial charge in [-0.15, -0.1) is 0 Å². The zero-order chi connectivity index (χ0) is 18.0. The van der Waals surface area contributed by atoms with Gasteiger partial charge in [-0.3, -0.25) is 0 Å². The summed E-state index contributed by atoms with van der Waals surface area (Å²) in [6.07, 6.45) is 0. The summed E-state index contributed by atoms with van der Waals surface area (Å²) in [5.74, 6) is 0. The van der Waals surface area contributed by atoms with Crippen LogP contribution in [0.3, 0.4) is 0 Å². The molecule has 0 unspecified atom stereocenters. The fourth-order valence-electron chi connectivity index (χ4n) is 0. The monoisotopic (exact) mass is 403 g/mol. The van der Waals surface area contributed by atoms with Gasteiger partial charge in [0, 0.05) is 0 Å². The van der Waals surface area contributed by atoms with Crippen LogP contribution >= 0.6 is 31.3 Å². The van der Waals surface area contributed by atoms with Gasteiger partial charge in [0.15, 0.2) is 0 Å². The number of hydrogen-bond acceptors (Lipinski definition) is 16. The molecule has 0 bridgehead atoms. The Morgan fingerprint density at radius 2 is 0.333 bits per heavy atom. The summed E-state index contributed by atoms with van der Waals surface area (Å²) in [5.41, 5.74) is 0. The van der Waals surface area contributed by atoms with Crippen molar-refractivity contribution < 1.29 is 107 Å². The summed E-state index contributed by atoms with van der Waals surface area (Å²) in [7, 11) is -21.6. The molecule has 0 aliphatic rings. The van der Waals surface area contributed by atoms with E-state index in [0.29, 0.717) is 0 Å². The third-order valence-corrected chi connectivity index (χ3v) is 0. The Bertz CT molecular complexity index is 285. The second kappa shape index (κ2) is 13.8. The predicted molar refractivity (Wildman–Crippen MR) is 30.4 cm³/mol. The number of phosphoric acid groups is 4. The number of rotatable bonds is 0. The zero-order valence-electron chi connectivity index (χ0n) is 9.32. The van der Waals surface area contributed by atoms with Crippen LogP contribution in [0.4, 0.5) is 0 Å². The van der Waals surface area contributed by atoms with Crippen molar-refractivity contribution in [1.29, 1.82) is 0 Å². The zero-order valence-corrected chi connectivity index (χ0v) is 14.9. The first-order valence-corrected chi connectivity index (χ1v) is 8.76. The Labute approximate surface area is 138 Å². The van der Waals surface area contributed by atoms with Crippen molar-refractivity contribution in [3.05, 3.63) is 0 Å². The van der Waals surface area contributed by atoms with Crippen LogP contribution in [0.1, 0.15) is 0 Å². The molecule has 0 heterocycles. The molecule has 0 N–H and O–H groups in total. The molecule has 0 spiro atoms. The van der Waals surface area contributed by atoms with Crippen LogP contribution in [-0.4, -0.2) is 0 Å². The largest absolute Gasteiger partial charge is 1.00 e. The maximum absolute atomic E-state index is 8.55. The molecular weight excluding hydrogens is 403 g/mol. The molecule has 0 saturated heterocycles. The van der Waals surface area contributed by atoms with Crippen molar-refractivity contribution in [2.45, 2.75) is 0 Å². The van der Waals surface area contributed by atoms with Gasteiger partial charge in [0.1, 0.15) is 0 Å². The fraction of sp³-hybridized carbons (Fsp3) is 0. The van der Waals surface area contributed by atoms with Crippen LogP contribution in [0.2, 0.25) is 0 Å². The Hall–Kier alpha value is 1.44. The molecule has 0 aliphatic heterocycles. The fourth-order valence-corrected chi connectivity index (χ4v) is 0. The molecule has 0 aromatic rings. The second-order valence-electron chi connectivity index (χ2n) is 1.79. The summed E-state index contributed by atoms with van der Waals surface area (Å²) >= 11 is 0. The average Bonchev–Trinajstić information content (AvgIpc) is 1.62. The van der Waals surface area contributed by atoms with Crippen molar-refractivity contribution in [3.63, 3.8) is 0 Å². The summed E-state index contributed by atoms with van der Waals surface area (Å²) in [6, 6.07) is 0. The van der Waals surface area contributed by atoms with Crippen molar-refractivity contribution in [1.82, 2.24) is 0 Å². The first-order valence-electron chi connectivity index (χ1n) is 2.92. The van der Waals surface area contributed by atoms with Gasteiger partial charge in [-0.25, -0.2) is 0 Å². The maximum atomic E-state index is 8.55. The van der Waals surface area contributed by atoms with Crippen LogP contribution < -0.4 is 88.3 Å². The molecule has 21 heavy (non-hydrogen) atoms. The molecule has 0 aromatic carbocycles. The molecule has 16 nitrogen and oxygen atoms in total. The minimum atomic E-state index is -5.39. The molecule has 0 amide bonds. The van der Waals surface area contributed by atoms with Gasteiger partial charge in [-0.2, -0.15) is 31.3 Å². The van der Waals surface area contributed by atoms with Crippen LogP contribution in [0.5, 0.6) is 0 Å². The first kappa shape index (κ1) is 33.9. The van der Waals surface area contributed by atoms with Gasteiger partial charge >= 0.3 is 29.6 Å². The molecule has 0 aliphatic carbocycles. The average molecular weight is 403 g/mol. The molecular formula is NaO16P4-11. The smallest absolute Gasteiger partial charge is 0.822 e. The molecule has 0 aromatic heterocycles. The Balaban J connectivity index is -0.0000000533. The minimum absolute atomic E-state index is 0. The van der Waals surface area contributed by atoms with Crippen LogP contribution in [0.15, 0.2) is 0 Å². The quantitative estimate of drug-likeness (QED) is 0.267. The van der Waals surface area contributed by atoms with Crippen LogP contribution in [0, 0.1) is 0 Å². The van der Waals surface area contributed by atoms with Crippen molar-refractivity contribution in [2.75, 3.05) is 0 Å². The molecule has 0 saturated carbocycles. The van der Waals surface area contributed by atoms with E-state index in [1.807, 2.05) is 0 Å². The SMILES string of the molecule is O=P([O-])([O-])[O-].O=P([O-])([O-])[O-].O=P([O-])([O-])[O-].O=P([O-])([O-])[O-].[Na+]. The molecule has 0 fully saturated rings. The molecule has 0 rings (SSSR count). The Morgan fingerprint density at radius 3 is 0.333 bits per heavy atom. The van der Waals surface area contributed by atoms with Gasteiger partial charge in [-0.1, -0.05) is 0 Å². The van der Waals surface area contributed by atoms with E-state index in [1.165, 1.54) is 0 Å². The Morgan fingerprint density at radius 1 is 0.333 bits per heavy atom. The first-order chi connectivity index (χ1) is 8.00. The standard InChI is InChI=1S/Na.4H3O4P/c;4*1-5(2,3)4/h;4*(H3,1,2,3,4)/q+1;;;;/p-12. The van der Waals surface area contributed by atoms with E-state index in [-0.39, 0.29) is 29.6 Å².